The Morgan fingerprint density at radius 1 is 1.24 bits per heavy atom. The van der Waals surface area contributed by atoms with E-state index in [2.05, 4.69) is 10.6 Å². The maximum Gasteiger partial charge on any atom is 0.250 e. The van der Waals surface area contributed by atoms with Gasteiger partial charge in [0.2, 0.25) is 23.6 Å². The number of halogens is 1. The minimum Gasteiger partial charge on any atom is -0.370 e. The zero-order valence-electron chi connectivity index (χ0n) is 16.4. The molecule has 29 heavy (non-hydrogen) atoms. The number of anilines is 1. The van der Waals surface area contributed by atoms with Gasteiger partial charge in [0, 0.05) is 23.6 Å². The summed E-state index contributed by atoms with van der Waals surface area (Å²) in [5.74, 6) is -3.36. The van der Waals surface area contributed by atoms with Gasteiger partial charge in [-0.1, -0.05) is 23.7 Å². The van der Waals surface area contributed by atoms with Gasteiger partial charge in [-0.25, -0.2) is 0 Å². The first-order chi connectivity index (χ1) is 13.5. The molecule has 1 spiro atoms. The van der Waals surface area contributed by atoms with Gasteiger partial charge in [-0.15, -0.1) is 0 Å². The second kappa shape index (κ2) is 6.27. The lowest BCUT2D eigenvalue weighted by atomic mass is 9.76. The number of benzene rings is 1. The number of primary amides is 1. The van der Waals surface area contributed by atoms with Crippen LogP contribution in [0.1, 0.15) is 39.2 Å². The van der Waals surface area contributed by atoms with E-state index in [0.717, 1.165) is 0 Å². The molecule has 3 heterocycles. The van der Waals surface area contributed by atoms with Crippen molar-refractivity contribution in [1.82, 2.24) is 10.2 Å². The number of hydrogen-bond donors (Lipinski definition) is 3. The summed E-state index contributed by atoms with van der Waals surface area (Å²) < 4.78 is 0. The van der Waals surface area contributed by atoms with Gasteiger partial charge in [-0.3, -0.25) is 29.4 Å². The van der Waals surface area contributed by atoms with E-state index in [1.807, 2.05) is 0 Å². The highest BCUT2D eigenvalue weighted by atomic mass is 35.5. The average molecular weight is 419 g/mol. The number of carbonyl (C=O) groups excluding carboxylic acids is 4. The zero-order valence-corrected chi connectivity index (χ0v) is 17.2. The number of amides is 4. The monoisotopic (exact) mass is 418 g/mol. The van der Waals surface area contributed by atoms with Crippen molar-refractivity contribution >= 4 is 40.9 Å². The molecule has 0 bridgehead atoms. The maximum atomic E-state index is 13.5. The molecule has 154 valence electrons. The summed E-state index contributed by atoms with van der Waals surface area (Å²) in [7, 11) is 0. The Morgan fingerprint density at radius 2 is 1.93 bits per heavy atom. The van der Waals surface area contributed by atoms with Crippen molar-refractivity contribution in [1.29, 1.82) is 0 Å². The van der Waals surface area contributed by atoms with Crippen molar-refractivity contribution in [2.75, 3.05) is 5.32 Å². The summed E-state index contributed by atoms with van der Waals surface area (Å²) in [6, 6.07) is 4.54. The summed E-state index contributed by atoms with van der Waals surface area (Å²) in [5.41, 5.74) is 4.14. The number of nitrogens with two attached hydrogens (primary N) is 1. The fraction of sp³-hybridized carbons (Fsp3) is 0.500. The number of rotatable bonds is 3. The van der Waals surface area contributed by atoms with Gasteiger partial charge in [-0.2, -0.15) is 0 Å². The third-order valence-corrected chi connectivity index (χ3v) is 6.39. The van der Waals surface area contributed by atoms with Gasteiger partial charge in [0.1, 0.15) is 5.54 Å². The number of nitrogens with one attached hydrogen (secondary N) is 2. The topological polar surface area (TPSA) is 122 Å². The minimum atomic E-state index is -1.42. The molecule has 1 aromatic carbocycles. The molecule has 4 amide bonds. The van der Waals surface area contributed by atoms with Gasteiger partial charge in [0.15, 0.2) is 0 Å². The predicted octanol–water partition coefficient (Wildman–Crippen LogP) is 1.12. The van der Waals surface area contributed by atoms with Crippen LogP contribution in [0.5, 0.6) is 0 Å². The molecule has 1 aromatic rings. The molecule has 3 aliphatic rings. The van der Waals surface area contributed by atoms with Crippen LogP contribution in [0, 0.1) is 11.8 Å². The van der Waals surface area contributed by atoms with E-state index in [1.165, 1.54) is 4.90 Å². The standard InChI is InChI=1S/C20H23ClN4O4/c1-19(2,3)25-16(27)13-11(7-8-12(22)26)24-20(14(13)17(25)28)9-5-4-6-10(21)15(9)23-18(20)29/h4-6,11,13-14,24H,7-8H2,1-3H3,(H2,22,26)(H,23,29)/t11-,13+,14-,20+/m0/s1. The van der Waals surface area contributed by atoms with Crippen LogP contribution in [0.25, 0.3) is 0 Å². The molecule has 0 radical (unpaired) electrons. The van der Waals surface area contributed by atoms with Crippen LogP contribution in [0.15, 0.2) is 18.2 Å². The molecule has 2 saturated heterocycles. The van der Waals surface area contributed by atoms with Crippen LogP contribution in [0.3, 0.4) is 0 Å². The molecule has 0 aromatic heterocycles. The average Bonchev–Trinajstić information content (AvgIpc) is 3.19. The van der Waals surface area contributed by atoms with Gasteiger partial charge in [0.25, 0.3) is 0 Å². The molecule has 3 aliphatic heterocycles. The fourth-order valence-corrected chi connectivity index (χ4v) is 5.22. The third-order valence-electron chi connectivity index (χ3n) is 6.07. The molecule has 0 unspecified atom stereocenters. The van der Waals surface area contributed by atoms with E-state index in [1.54, 1.807) is 39.0 Å². The molecule has 2 fully saturated rings. The number of imide groups is 1. The molecule has 9 heteroatoms. The van der Waals surface area contributed by atoms with E-state index >= 15 is 0 Å². The third kappa shape index (κ3) is 2.62. The van der Waals surface area contributed by atoms with Crippen molar-refractivity contribution in [2.45, 2.75) is 50.7 Å². The maximum absolute atomic E-state index is 13.5. The first-order valence-corrected chi connectivity index (χ1v) is 9.92. The minimum absolute atomic E-state index is 0.0397. The van der Waals surface area contributed by atoms with Crippen LogP contribution in [0.4, 0.5) is 5.69 Å². The summed E-state index contributed by atoms with van der Waals surface area (Å²) in [5, 5.41) is 6.38. The first kappa shape index (κ1) is 19.8. The van der Waals surface area contributed by atoms with Crippen LogP contribution in [-0.4, -0.2) is 40.1 Å². The van der Waals surface area contributed by atoms with Crippen LogP contribution < -0.4 is 16.4 Å². The Bertz CT molecular complexity index is 956. The van der Waals surface area contributed by atoms with Crippen LogP contribution in [0.2, 0.25) is 5.02 Å². The van der Waals surface area contributed by atoms with Crippen molar-refractivity contribution in [2.24, 2.45) is 17.6 Å². The van der Waals surface area contributed by atoms with E-state index in [9.17, 15) is 19.2 Å². The number of fused-ring (bicyclic) bond motifs is 4. The highest BCUT2D eigenvalue weighted by molar-refractivity contribution is 6.35. The Hall–Kier alpha value is -2.45. The quantitative estimate of drug-likeness (QED) is 0.635. The van der Waals surface area contributed by atoms with Crippen molar-refractivity contribution in [3.63, 3.8) is 0 Å². The SMILES string of the molecule is CC(C)(C)N1C(=O)[C@@H]2[C@H](CCC(N)=O)N[C@@]3(C(=O)Nc4c(Cl)cccc43)[C@@H]2C1=O. The zero-order chi connectivity index (χ0) is 21.3. The lowest BCUT2D eigenvalue weighted by Crippen LogP contribution is -2.55. The normalized spacial score (nSPS) is 30.7. The Balaban J connectivity index is 1.88. The number of para-hydroxylation sites is 1. The highest BCUT2D eigenvalue weighted by Crippen LogP contribution is 2.55. The van der Waals surface area contributed by atoms with E-state index in [0.29, 0.717) is 16.3 Å². The van der Waals surface area contributed by atoms with Crippen molar-refractivity contribution in [3.05, 3.63) is 28.8 Å². The van der Waals surface area contributed by atoms with Gasteiger partial charge in [-0.05, 0) is 33.3 Å². The van der Waals surface area contributed by atoms with E-state index in [4.69, 9.17) is 17.3 Å². The lowest BCUT2D eigenvalue weighted by molar-refractivity contribution is -0.148. The summed E-state index contributed by atoms with van der Waals surface area (Å²) >= 11 is 6.28. The van der Waals surface area contributed by atoms with Gasteiger partial charge >= 0.3 is 0 Å². The molecule has 0 saturated carbocycles. The van der Waals surface area contributed by atoms with Crippen LogP contribution >= 0.6 is 11.6 Å². The molecular weight excluding hydrogens is 396 g/mol. The molecule has 4 atom stereocenters. The van der Waals surface area contributed by atoms with Crippen molar-refractivity contribution in [3.8, 4) is 0 Å². The largest absolute Gasteiger partial charge is 0.370 e. The number of nitrogens with zero attached hydrogens (tertiary/aromatic N) is 1. The van der Waals surface area contributed by atoms with Crippen molar-refractivity contribution < 1.29 is 19.2 Å². The molecule has 4 N–H and O–H groups in total. The second-order valence-electron chi connectivity index (χ2n) is 8.87. The predicted molar refractivity (Wildman–Crippen MR) is 106 cm³/mol. The Morgan fingerprint density at radius 3 is 2.55 bits per heavy atom. The number of likely N-dealkylation sites (tertiary alicyclic amines) is 1. The molecule has 8 nitrogen and oxygen atoms in total. The van der Waals surface area contributed by atoms with Gasteiger partial charge in [0.05, 0.1) is 22.5 Å². The Labute approximate surface area is 173 Å². The first-order valence-electron chi connectivity index (χ1n) is 9.54. The number of hydrogen-bond acceptors (Lipinski definition) is 5. The summed E-state index contributed by atoms with van der Waals surface area (Å²) in [6.45, 7) is 5.34. The number of carbonyl (C=O) groups is 4. The Kier molecular flexibility index (Phi) is 4.29. The highest BCUT2D eigenvalue weighted by Gasteiger charge is 2.71. The molecular formula is C20H23ClN4O4. The smallest absolute Gasteiger partial charge is 0.250 e. The molecule has 0 aliphatic carbocycles. The summed E-state index contributed by atoms with van der Waals surface area (Å²) in [4.78, 5) is 52.7. The van der Waals surface area contributed by atoms with Gasteiger partial charge < -0.3 is 11.1 Å². The van der Waals surface area contributed by atoms with E-state index < -0.39 is 46.7 Å². The van der Waals surface area contributed by atoms with E-state index in [-0.39, 0.29) is 18.7 Å². The second-order valence-corrected chi connectivity index (χ2v) is 9.27. The van der Waals surface area contributed by atoms with Crippen LogP contribution in [-0.2, 0) is 24.7 Å². The molecule has 4 rings (SSSR count). The summed E-state index contributed by atoms with van der Waals surface area (Å²) in [6.07, 6.45) is 0.288. The lowest BCUT2D eigenvalue weighted by Gasteiger charge is -2.34. The fourth-order valence-electron chi connectivity index (χ4n) is 5.00.